The van der Waals surface area contributed by atoms with Crippen LogP contribution >= 0.6 is 0 Å². The molecule has 0 radical (unpaired) electrons. The van der Waals surface area contributed by atoms with E-state index in [9.17, 15) is 14.9 Å². The summed E-state index contributed by atoms with van der Waals surface area (Å²) in [5.41, 5.74) is 0.514. The molecule has 1 aliphatic carbocycles. The Balaban J connectivity index is 1.80. The van der Waals surface area contributed by atoms with Crippen molar-refractivity contribution in [1.82, 2.24) is 5.32 Å². The molecule has 1 saturated carbocycles. The lowest BCUT2D eigenvalue weighted by Gasteiger charge is -2.30. The third-order valence-corrected chi connectivity index (χ3v) is 4.70. The second-order valence-corrected chi connectivity index (χ2v) is 6.25. The van der Waals surface area contributed by atoms with Gasteiger partial charge in [0.25, 0.3) is 5.69 Å². The third kappa shape index (κ3) is 3.90. The maximum absolute atomic E-state index is 11.4. The Hall–Kier alpha value is -2.61. The van der Waals surface area contributed by atoms with Crippen molar-refractivity contribution in [3.8, 4) is 0 Å². The van der Waals surface area contributed by atoms with Crippen LogP contribution in [0.1, 0.15) is 37.3 Å². The van der Waals surface area contributed by atoms with E-state index in [1.807, 2.05) is 0 Å². The second-order valence-electron chi connectivity index (χ2n) is 6.25. The Morgan fingerprint density at radius 1 is 1.28 bits per heavy atom. The highest BCUT2D eigenvalue weighted by Crippen LogP contribution is 2.34. The van der Waals surface area contributed by atoms with Crippen molar-refractivity contribution in [2.75, 3.05) is 6.79 Å². The SMILES string of the molecule is O=C(O)C1CCC(NC(C2=COCO2)c2ccccc2[N+](=O)[O-])CC1. The number of benzene rings is 1. The van der Waals surface area contributed by atoms with Crippen molar-refractivity contribution in [2.24, 2.45) is 5.92 Å². The smallest absolute Gasteiger partial charge is 0.306 e. The van der Waals surface area contributed by atoms with E-state index >= 15 is 0 Å². The van der Waals surface area contributed by atoms with E-state index in [0.29, 0.717) is 37.0 Å². The van der Waals surface area contributed by atoms with E-state index < -0.39 is 16.9 Å². The monoisotopic (exact) mass is 348 g/mol. The van der Waals surface area contributed by atoms with Crippen molar-refractivity contribution < 1.29 is 24.3 Å². The molecule has 8 nitrogen and oxygen atoms in total. The van der Waals surface area contributed by atoms with Gasteiger partial charge in [-0.25, -0.2) is 0 Å². The van der Waals surface area contributed by atoms with Crippen molar-refractivity contribution in [3.05, 3.63) is 52.0 Å². The highest BCUT2D eigenvalue weighted by Gasteiger charge is 2.33. The van der Waals surface area contributed by atoms with Gasteiger partial charge in [0, 0.05) is 12.1 Å². The average Bonchev–Trinajstić information content (AvgIpc) is 3.14. The summed E-state index contributed by atoms with van der Waals surface area (Å²) in [5.74, 6) is -0.577. The maximum atomic E-state index is 11.4. The fourth-order valence-electron chi connectivity index (χ4n) is 3.37. The Morgan fingerprint density at radius 2 is 2.00 bits per heavy atom. The van der Waals surface area contributed by atoms with E-state index in [0.717, 1.165) is 0 Å². The van der Waals surface area contributed by atoms with Crippen LogP contribution in [0.3, 0.4) is 0 Å². The number of nitro benzene ring substituents is 1. The maximum Gasteiger partial charge on any atom is 0.306 e. The van der Waals surface area contributed by atoms with Crippen molar-refractivity contribution >= 4 is 11.7 Å². The van der Waals surface area contributed by atoms with Crippen LogP contribution in [0.4, 0.5) is 5.69 Å². The van der Waals surface area contributed by atoms with Gasteiger partial charge in [-0.2, -0.15) is 0 Å². The van der Waals surface area contributed by atoms with E-state index in [1.54, 1.807) is 18.2 Å². The number of rotatable bonds is 6. The minimum atomic E-state index is -0.760. The van der Waals surface area contributed by atoms with Gasteiger partial charge in [-0.1, -0.05) is 18.2 Å². The molecule has 1 aromatic rings. The van der Waals surface area contributed by atoms with Gasteiger partial charge in [0.15, 0.2) is 5.76 Å². The Kier molecular flexibility index (Phi) is 5.18. The molecule has 0 aromatic heterocycles. The van der Waals surface area contributed by atoms with Gasteiger partial charge in [0.05, 0.1) is 16.4 Å². The first-order chi connectivity index (χ1) is 12.1. The quantitative estimate of drug-likeness (QED) is 0.600. The molecule has 1 aliphatic heterocycles. The molecule has 8 heteroatoms. The van der Waals surface area contributed by atoms with E-state index in [-0.39, 0.29) is 24.4 Å². The van der Waals surface area contributed by atoms with Gasteiger partial charge < -0.3 is 19.9 Å². The highest BCUT2D eigenvalue weighted by molar-refractivity contribution is 5.70. The molecule has 134 valence electrons. The molecule has 1 atom stereocenters. The number of carboxylic acids is 1. The minimum absolute atomic E-state index is 0.00984. The van der Waals surface area contributed by atoms with Crippen molar-refractivity contribution in [3.63, 3.8) is 0 Å². The zero-order valence-corrected chi connectivity index (χ0v) is 13.6. The first kappa shape index (κ1) is 17.2. The first-order valence-electron chi connectivity index (χ1n) is 8.23. The average molecular weight is 348 g/mol. The van der Waals surface area contributed by atoms with Crippen LogP contribution in [0.5, 0.6) is 0 Å². The molecular weight excluding hydrogens is 328 g/mol. The van der Waals surface area contributed by atoms with Crippen LogP contribution in [0.2, 0.25) is 0 Å². The predicted molar refractivity (Wildman–Crippen MR) is 87.5 cm³/mol. The van der Waals surface area contributed by atoms with E-state index in [1.165, 1.54) is 12.3 Å². The summed E-state index contributed by atoms with van der Waals surface area (Å²) in [6, 6.07) is 6.08. The van der Waals surface area contributed by atoms with Gasteiger partial charge in [0.2, 0.25) is 6.79 Å². The number of nitro groups is 1. The number of carbonyl (C=O) groups is 1. The number of nitrogens with zero attached hydrogens (tertiary/aromatic N) is 1. The third-order valence-electron chi connectivity index (χ3n) is 4.70. The number of hydrogen-bond donors (Lipinski definition) is 2. The molecule has 0 amide bonds. The lowest BCUT2D eigenvalue weighted by molar-refractivity contribution is -0.385. The molecule has 25 heavy (non-hydrogen) atoms. The molecule has 1 heterocycles. The summed E-state index contributed by atoms with van der Waals surface area (Å²) in [6.07, 6.45) is 4.04. The molecule has 1 aromatic carbocycles. The van der Waals surface area contributed by atoms with Gasteiger partial charge >= 0.3 is 5.97 Å². The summed E-state index contributed by atoms with van der Waals surface area (Å²) in [6.45, 7) is 0.0832. The fourth-order valence-corrected chi connectivity index (χ4v) is 3.37. The van der Waals surface area contributed by atoms with Crippen LogP contribution in [-0.2, 0) is 14.3 Å². The molecule has 1 fully saturated rings. The standard InChI is InChI=1S/C17H20N2O6/c20-17(21)11-5-7-12(8-6-11)18-16(15-9-24-10-25-15)13-3-1-2-4-14(13)19(22)23/h1-4,9,11-12,16,18H,5-8,10H2,(H,20,21). The number of para-hydroxylation sites is 1. The molecule has 0 bridgehead atoms. The molecular formula is C17H20N2O6. The Bertz CT molecular complexity index is 681. The largest absolute Gasteiger partial charge is 0.481 e. The van der Waals surface area contributed by atoms with Gasteiger partial charge in [-0.3, -0.25) is 14.9 Å². The molecule has 1 unspecified atom stereocenters. The number of ether oxygens (including phenoxy) is 2. The minimum Gasteiger partial charge on any atom is -0.481 e. The van der Waals surface area contributed by atoms with E-state index in [4.69, 9.17) is 14.6 Å². The summed E-state index contributed by atoms with van der Waals surface area (Å²) in [7, 11) is 0. The predicted octanol–water partition coefficient (Wildman–Crippen LogP) is 2.71. The first-order valence-corrected chi connectivity index (χ1v) is 8.23. The summed E-state index contributed by atoms with van der Waals surface area (Å²) >= 11 is 0. The number of carboxylic acid groups (broad SMARTS) is 1. The Labute approximate surface area is 144 Å². The highest BCUT2D eigenvalue weighted by atomic mass is 16.7. The number of nitrogens with one attached hydrogen (secondary N) is 1. The van der Waals surface area contributed by atoms with E-state index in [2.05, 4.69) is 5.32 Å². The fraction of sp³-hybridized carbons (Fsp3) is 0.471. The summed E-state index contributed by atoms with van der Waals surface area (Å²) in [4.78, 5) is 22.0. The van der Waals surface area contributed by atoms with Crippen LogP contribution in [0, 0.1) is 16.0 Å². The topological polar surface area (TPSA) is 111 Å². The van der Waals surface area contributed by atoms with Crippen LogP contribution < -0.4 is 5.32 Å². The van der Waals surface area contributed by atoms with Crippen molar-refractivity contribution in [1.29, 1.82) is 0 Å². The van der Waals surface area contributed by atoms with Crippen LogP contribution in [0.15, 0.2) is 36.3 Å². The normalized spacial score (nSPS) is 23.9. The molecule has 3 rings (SSSR count). The van der Waals surface area contributed by atoms with Crippen LogP contribution in [-0.4, -0.2) is 28.8 Å². The molecule has 0 saturated heterocycles. The molecule has 2 aliphatic rings. The zero-order chi connectivity index (χ0) is 17.8. The van der Waals surface area contributed by atoms with Gasteiger partial charge in [0.1, 0.15) is 12.3 Å². The number of aliphatic carboxylic acids is 1. The lowest BCUT2D eigenvalue weighted by atomic mass is 9.85. The summed E-state index contributed by atoms with van der Waals surface area (Å²) in [5, 5.41) is 23.9. The number of hydrogen-bond acceptors (Lipinski definition) is 6. The van der Waals surface area contributed by atoms with Crippen molar-refractivity contribution in [2.45, 2.75) is 37.8 Å². The Morgan fingerprint density at radius 3 is 2.60 bits per heavy atom. The van der Waals surface area contributed by atoms with Crippen LogP contribution in [0.25, 0.3) is 0 Å². The summed E-state index contributed by atoms with van der Waals surface area (Å²) < 4.78 is 10.6. The second kappa shape index (κ2) is 7.52. The zero-order valence-electron chi connectivity index (χ0n) is 13.6. The molecule has 2 N–H and O–H groups in total. The van der Waals surface area contributed by atoms with Gasteiger partial charge in [-0.05, 0) is 25.7 Å². The van der Waals surface area contributed by atoms with Gasteiger partial charge in [-0.15, -0.1) is 0 Å². The lowest BCUT2D eigenvalue weighted by Crippen LogP contribution is -2.38. The molecule has 0 spiro atoms.